The summed E-state index contributed by atoms with van der Waals surface area (Å²) in [6.07, 6.45) is 3.36. The maximum Gasteiger partial charge on any atom is 0.279 e. The van der Waals surface area contributed by atoms with Crippen LogP contribution in [0.4, 0.5) is 0 Å². The summed E-state index contributed by atoms with van der Waals surface area (Å²) >= 11 is 0. The number of aliphatic hydroxyl groups is 1. The van der Waals surface area contributed by atoms with Crippen LogP contribution < -0.4 is 4.72 Å². The minimum absolute atomic E-state index is 0.0556. The Balaban J connectivity index is 1.76. The van der Waals surface area contributed by atoms with Crippen molar-refractivity contribution < 1.29 is 13.5 Å². The molecule has 1 aliphatic rings. The van der Waals surface area contributed by atoms with Gasteiger partial charge in [-0.2, -0.15) is 12.7 Å². The van der Waals surface area contributed by atoms with Crippen molar-refractivity contribution in [1.82, 2.24) is 9.03 Å². The van der Waals surface area contributed by atoms with Crippen molar-refractivity contribution in [3.63, 3.8) is 0 Å². The van der Waals surface area contributed by atoms with Crippen molar-refractivity contribution in [2.45, 2.75) is 25.7 Å². The minimum atomic E-state index is -3.41. The fourth-order valence-electron chi connectivity index (χ4n) is 2.62. The quantitative estimate of drug-likeness (QED) is 0.742. The second-order valence-electron chi connectivity index (χ2n) is 5.54. The molecule has 0 spiro atoms. The van der Waals surface area contributed by atoms with E-state index in [1.54, 1.807) is 0 Å². The van der Waals surface area contributed by atoms with Gasteiger partial charge in [0.15, 0.2) is 0 Å². The third kappa shape index (κ3) is 5.07. The molecule has 5 nitrogen and oxygen atoms in total. The summed E-state index contributed by atoms with van der Waals surface area (Å²) in [5.74, 6) is 0.0691. The van der Waals surface area contributed by atoms with Crippen LogP contribution in [0.5, 0.6) is 0 Å². The topological polar surface area (TPSA) is 69.6 Å². The molecule has 0 radical (unpaired) electrons. The number of aliphatic hydroxyl groups excluding tert-OH is 1. The standard InChI is InChI=1S/C15H24N2O3S/c18-13-15-9-5-11-17(12-15)21(19,20)16-10-4-8-14-6-2-1-3-7-14/h1-3,6-7,15-16,18H,4-5,8-13H2. The highest BCUT2D eigenvalue weighted by atomic mass is 32.2. The predicted molar refractivity (Wildman–Crippen MR) is 83.1 cm³/mol. The number of nitrogens with zero attached hydrogens (tertiary/aromatic N) is 1. The van der Waals surface area contributed by atoms with Gasteiger partial charge in [0, 0.05) is 26.2 Å². The maximum absolute atomic E-state index is 12.2. The average molecular weight is 312 g/mol. The van der Waals surface area contributed by atoms with Gasteiger partial charge in [0.05, 0.1) is 0 Å². The van der Waals surface area contributed by atoms with Crippen molar-refractivity contribution in [1.29, 1.82) is 0 Å². The summed E-state index contributed by atoms with van der Waals surface area (Å²) in [6.45, 7) is 1.46. The molecule has 0 aliphatic carbocycles. The SMILES string of the molecule is O=S(=O)(NCCCc1ccccc1)N1CCCC(CO)C1. The van der Waals surface area contributed by atoms with Crippen LogP contribution in [0.25, 0.3) is 0 Å². The zero-order valence-electron chi connectivity index (χ0n) is 12.2. The third-order valence-electron chi connectivity index (χ3n) is 3.85. The van der Waals surface area contributed by atoms with E-state index in [-0.39, 0.29) is 12.5 Å². The number of piperidine rings is 1. The van der Waals surface area contributed by atoms with Gasteiger partial charge in [0.1, 0.15) is 0 Å². The molecule has 1 aliphatic heterocycles. The highest BCUT2D eigenvalue weighted by Crippen LogP contribution is 2.17. The Morgan fingerprint density at radius 1 is 1.29 bits per heavy atom. The van der Waals surface area contributed by atoms with E-state index in [0.29, 0.717) is 19.6 Å². The molecule has 0 amide bonds. The molecular formula is C15H24N2O3S. The Labute approximate surface area is 127 Å². The lowest BCUT2D eigenvalue weighted by atomic mass is 10.0. The highest BCUT2D eigenvalue weighted by Gasteiger charge is 2.27. The zero-order valence-corrected chi connectivity index (χ0v) is 13.1. The van der Waals surface area contributed by atoms with Crippen molar-refractivity contribution in [2.24, 2.45) is 5.92 Å². The smallest absolute Gasteiger partial charge is 0.279 e. The molecule has 6 heteroatoms. The van der Waals surface area contributed by atoms with Gasteiger partial charge >= 0.3 is 0 Å². The lowest BCUT2D eigenvalue weighted by Crippen LogP contribution is -2.46. The van der Waals surface area contributed by atoms with Crippen LogP contribution in [0.15, 0.2) is 30.3 Å². The van der Waals surface area contributed by atoms with Gasteiger partial charge in [-0.25, -0.2) is 4.72 Å². The van der Waals surface area contributed by atoms with Gasteiger partial charge in [-0.15, -0.1) is 0 Å². The molecule has 1 unspecified atom stereocenters. The number of hydrogen-bond donors (Lipinski definition) is 2. The van der Waals surface area contributed by atoms with E-state index in [0.717, 1.165) is 25.7 Å². The Hall–Kier alpha value is -0.950. The number of rotatable bonds is 7. The Bertz CT molecular complexity index is 519. The van der Waals surface area contributed by atoms with Gasteiger partial charge in [0.25, 0.3) is 10.2 Å². The molecule has 118 valence electrons. The summed E-state index contributed by atoms with van der Waals surface area (Å²) in [5, 5.41) is 9.17. The van der Waals surface area contributed by atoms with Gasteiger partial charge in [-0.3, -0.25) is 0 Å². The lowest BCUT2D eigenvalue weighted by Gasteiger charge is -2.30. The monoisotopic (exact) mass is 312 g/mol. The van der Waals surface area contributed by atoms with E-state index in [1.165, 1.54) is 9.87 Å². The Morgan fingerprint density at radius 2 is 2.05 bits per heavy atom. The van der Waals surface area contributed by atoms with E-state index in [4.69, 9.17) is 0 Å². The van der Waals surface area contributed by atoms with Crippen molar-refractivity contribution in [2.75, 3.05) is 26.2 Å². The fourth-order valence-corrected chi connectivity index (χ4v) is 3.99. The van der Waals surface area contributed by atoms with E-state index < -0.39 is 10.2 Å². The van der Waals surface area contributed by atoms with Gasteiger partial charge < -0.3 is 5.11 Å². The fraction of sp³-hybridized carbons (Fsp3) is 0.600. The summed E-state index contributed by atoms with van der Waals surface area (Å²) in [7, 11) is -3.41. The van der Waals surface area contributed by atoms with Crippen LogP contribution >= 0.6 is 0 Å². The minimum Gasteiger partial charge on any atom is -0.396 e. The first-order valence-electron chi connectivity index (χ1n) is 7.51. The summed E-state index contributed by atoms with van der Waals surface area (Å²) < 4.78 is 28.5. The van der Waals surface area contributed by atoms with E-state index in [2.05, 4.69) is 4.72 Å². The summed E-state index contributed by atoms with van der Waals surface area (Å²) in [6, 6.07) is 10.0. The molecule has 2 rings (SSSR count). The highest BCUT2D eigenvalue weighted by molar-refractivity contribution is 7.87. The first-order valence-corrected chi connectivity index (χ1v) is 8.95. The van der Waals surface area contributed by atoms with Gasteiger partial charge in [-0.05, 0) is 37.2 Å². The zero-order chi connectivity index (χ0) is 15.1. The van der Waals surface area contributed by atoms with Crippen LogP contribution in [0.1, 0.15) is 24.8 Å². The van der Waals surface area contributed by atoms with Crippen LogP contribution in [-0.2, 0) is 16.6 Å². The van der Waals surface area contributed by atoms with Gasteiger partial charge in [0.2, 0.25) is 0 Å². The molecule has 1 saturated heterocycles. The van der Waals surface area contributed by atoms with E-state index >= 15 is 0 Å². The first-order chi connectivity index (χ1) is 10.1. The maximum atomic E-state index is 12.2. The van der Waals surface area contributed by atoms with Crippen molar-refractivity contribution >= 4 is 10.2 Å². The van der Waals surface area contributed by atoms with Crippen LogP contribution in [0.3, 0.4) is 0 Å². The molecule has 1 aromatic rings. The Kier molecular flexibility index (Phi) is 6.17. The Morgan fingerprint density at radius 3 is 2.76 bits per heavy atom. The second kappa shape index (κ2) is 7.89. The average Bonchev–Trinajstić information content (AvgIpc) is 2.53. The van der Waals surface area contributed by atoms with Crippen LogP contribution in [0, 0.1) is 5.92 Å². The van der Waals surface area contributed by atoms with E-state index in [9.17, 15) is 13.5 Å². The predicted octanol–water partition coefficient (Wildman–Crippen LogP) is 1.16. The molecule has 1 atom stereocenters. The van der Waals surface area contributed by atoms with Crippen LogP contribution in [-0.4, -0.2) is 44.1 Å². The lowest BCUT2D eigenvalue weighted by molar-refractivity contribution is 0.165. The van der Waals surface area contributed by atoms with Gasteiger partial charge in [-0.1, -0.05) is 30.3 Å². The van der Waals surface area contributed by atoms with E-state index in [1.807, 2.05) is 30.3 Å². The number of hydrogen-bond acceptors (Lipinski definition) is 3. The molecule has 0 saturated carbocycles. The summed E-state index contributed by atoms with van der Waals surface area (Å²) in [5.41, 5.74) is 1.22. The molecular weight excluding hydrogens is 288 g/mol. The molecule has 2 N–H and O–H groups in total. The molecule has 1 aromatic carbocycles. The number of nitrogens with one attached hydrogen (secondary N) is 1. The summed E-state index contributed by atoms with van der Waals surface area (Å²) in [4.78, 5) is 0. The molecule has 0 bridgehead atoms. The normalized spacial score (nSPS) is 20.5. The molecule has 1 heterocycles. The first kappa shape index (κ1) is 16.4. The second-order valence-corrected chi connectivity index (χ2v) is 7.29. The molecule has 0 aromatic heterocycles. The van der Waals surface area contributed by atoms with Crippen molar-refractivity contribution in [3.05, 3.63) is 35.9 Å². The van der Waals surface area contributed by atoms with Crippen LogP contribution in [0.2, 0.25) is 0 Å². The third-order valence-corrected chi connectivity index (χ3v) is 5.43. The molecule has 21 heavy (non-hydrogen) atoms. The number of aryl methyl sites for hydroxylation is 1. The number of benzene rings is 1. The van der Waals surface area contributed by atoms with Crippen molar-refractivity contribution in [3.8, 4) is 0 Å². The largest absolute Gasteiger partial charge is 0.396 e. The molecule has 1 fully saturated rings.